The summed E-state index contributed by atoms with van der Waals surface area (Å²) in [4.78, 5) is 4.13. The van der Waals surface area contributed by atoms with Gasteiger partial charge in [0, 0.05) is 25.4 Å². The molecule has 0 aliphatic rings. The van der Waals surface area contributed by atoms with Crippen molar-refractivity contribution in [3.8, 4) is 0 Å². The van der Waals surface area contributed by atoms with Crippen molar-refractivity contribution in [1.82, 2.24) is 20.2 Å². The van der Waals surface area contributed by atoms with E-state index in [1.807, 2.05) is 30.8 Å². The molecule has 0 bridgehead atoms. The highest BCUT2D eigenvalue weighted by Gasteiger charge is 2.19. The molecule has 0 radical (unpaired) electrons. The summed E-state index contributed by atoms with van der Waals surface area (Å²) in [6.45, 7) is 6.98. The minimum atomic E-state index is 0.0377. The minimum absolute atomic E-state index is 0.0377. The third kappa shape index (κ3) is 2.92. The minimum Gasteiger partial charge on any atom is -0.271 e. The van der Waals surface area contributed by atoms with Crippen LogP contribution < -0.4 is 11.3 Å². The first-order valence-electron chi connectivity index (χ1n) is 6.66. The molecule has 108 valence electrons. The predicted octanol–water partition coefficient (Wildman–Crippen LogP) is 2.42. The van der Waals surface area contributed by atoms with Gasteiger partial charge in [0.1, 0.15) is 0 Å². The lowest BCUT2D eigenvalue weighted by Gasteiger charge is -2.19. The van der Waals surface area contributed by atoms with Crippen LogP contribution in [0.1, 0.15) is 35.5 Å². The van der Waals surface area contributed by atoms with E-state index < -0.39 is 0 Å². The van der Waals surface area contributed by atoms with Crippen molar-refractivity contribution in [1.29, 1.82) is 0 Å². The van der Waals surface area contributed by atoms with E-state index in [2.05, 4.69) is 38.4 Å². The molecule has 0 fully saturated rings. The fourth-order valence-corrected chi connectivity index (χ4v) is 2.84. The Morgan fingerprint density at radius 2 is 2.20 bits per heavy atom. The summed E-state index contributed by atoms with van der Waals surface area (Å²) in [5, 5.41) is 4.52. The Bertz CT molecular complexity index is 593. The number of halogens is 1. The van der Waals surface area contributed by atoms with Crippen molar-refractivity contribution in [3.63, 3.8) is 0 Å². The second-order valence-electron chi connectivity index (χ2n) is 4.82. The summed E-state index contributed by atoms with van der Waals surface area (Å²) >= 11 is 3.63. The van der Waals surface area contributed by atoms with Crippen LogP contribution in [0, 0.1) is 13.8 Å². The molecule has 2 heterocycles. The zero-order chi connectivity index (χ0) is 14.7. The Hall–Kier alpha value is -1.24. The summed E-state index contributed by atoms with van der Waals surface area (Å²) in [5.74, 6) is 5.75. The summed E-state index contributed by atoms with van der Waals surface area (Å²) in [6.07, 6.45) is 4.43. The van der Waals surface area contributed by atoms with Crippen LogP contribution >= 0.6 is 15.9 Å². The van der Waals surface area contributed by atoms with Gasteiger partial charge in [0.15, 0.2) is 0 Å². The van der Waals surface area contributed by atoms with E-state index >= 15 is 0 Å². The van der Waals surface area contributed by atoms with Gasteiger partial charge >= 0.3 is 0 Å². The Kier molecular flexibility index (Phi) is 4.91. The molecule has 2 rings (SSSR count). The number of pyridine rings is 1. The van der Waals surface area contributed by atoms with Crippen LogP contribution in [0.4, 0.5) is 0 Å². The van der Waals surface area contributed by atoms with E-state index in [1.165, 1.54) is 0 Å². The maximum absolute atomic E-state index is 5.75. The van der Waals surface area contributed by atoms with E-state index in [0.29, 0.717) is 0 Å². The average molecular weight is 338 g/mol. The van der Waals surface area contributed by atoms with Crippen LogP contribution in [0.25, 0.3) is 0 Å². The van der Waals surface area contributed by atoms with Crippen molar-refractivity contribution in [2.45, 2.75) is 39.8 Å². The van der Waals surface area contributed by atoms with Gasteiger partial charge in [-0.3, -0.25) is 20.9 Å². The maximum Gasteiger partial charge on any atom is 0.0738 e. The van der Waals surface area contributed by atoms with Crippen LogP contribution in [-0.2, 0) is 13.0 Å². The lowest BCUT2D eigenvalue weighted by molar-refractivity contribution is 0.514. The van der Waals surface area contributed by atoms with Gasteiger partial charge < -0.3 is 0 Å². The molecule has 0 saturated carbocycles. The molecular formula is C14H20BrN5. The molecule has 0 saturated heterocycles. The number of hydrazine groups is 1. The zero-order valence-corrected chi connectivity index (χ0v) is 13.6. The first-order valence-corrected chi connectivity index (χ1v) is 7.46. The Morgan fingerprint density at radius 3 is 2.80 bits per heavy atom. The Labute approximate surface area is 127 Å². The van der Waals surface area contributed by atoms with Gasteiger partial charge in [-0.1, -0.05) is 0 Å². The molecule has 20 heavy (non-hydrogen) atoms. The molecule has 3 N–H and O–H groups in total. The van der Waals surface area contributed by atoms with Crippen LogP contribution in [0.5, 0.6) is 0 Å². The Balaban J connectivity index is 2.34. The number of nitrogens with one attached hydrogen (secondary N) is 1. The molecular weight excluding hydrogens is 318 g/mol. The maximum atomic E-state index is 5.75. The third-order valence-electron chi connectivity index (χ3n) is 3.49. The first-order chi connectivity index (χ1) is 9.58. The fourth-order valence-electron chi connectivity index (χ4n) is 2.39. The number of hydrogen-bond donors (Lipinski definition) is 2. The summed E-state index contributed by atoms with van der Waals surface area (Å²) in [6, 6.07) is 2.04. The van der Waals surface area contributed by atoms with Gasteiger partial charge in [0.2, 0.25) is 0 Å². The quantitative estimate of drug-likeness (QED) is 0.649. The molecule has 0 aromatic carbocycles. The molecule has 0 spiro atoms. The van der Waals surface area contributed by atoms with Crippen LogP contribution in [0.2, 0.25) is 0 Å². The van der Waals surface area contributed by atoms with E-state index in [9.17, 15) is 0 Å². The van der Waals surface area contributed by atoms with Gasteiger partial charge in [0.05, 0.1) is 21.9 Å². The molecule has 0 aliphatic heterocycles. The van der Waals surface area contributed by atoms with Crippen LogP contribution in [0.3, 0.4) is 0 Å². The third-order valence-corrected chi connectivity index (χ3v) is 4.52. The number of aromatic nitrogens is 3. The smallest absolute Gasteiger partial charge is 0.0738 e. The molecule has 0 amide bonds. The van der Waals surface area contributed by atoms with Crippen LogP contribution in [-0.4, -0.2) is 14.8 Å². The fraction of sp³-hybridized carbons (Fsp3) is 0.429. The Morgan fingerprint density at radius 1 is 1.45 bits per heavy atom. The molecule has 0 aliphatic carbocycles. The normalized spacial score (nSPS) is 12.7. The lowest BCUT2D eigenvalue weighted by atomic mass is 9.99. The summed E-state index contributed by atoms with van der Waals surface area (Å²) in [7, 11) is 0. The first kappa shape index (κ1) is 15.2. The van der Waals surface area contributed by atoms with Gasteiger partial charge in [-0.25, -0.2) is 0 Å². The largest absolute Gasteiger partial charge is 0.271 e. The molecule has 2 aromatic heterocycles. The van der Waals surface area contributed by atoms with Gasteiger partial charge in [-0.05, 0) is 53.9 Å². The van der Waals surface area contributed by atoms with Gasteiger partial charge in [-0.15, -0.1) is 0 Å². The lowest BCUT2D eigenvalue weighted by Crippen LogP contribution is -2.31. The van der Waals surface area contributed by atoms with E-state index in [-0.39, 0.29) is 6.04 Å². The highest BCUT2D eigenvalue weighted by molar-refractivity contribution is 9.10. The van der Waals surface area contributed by atoms with Gasteiger partial charge in [-0.2, -0.15) is 5.10 Å². The number of rotatable bonds is 5. The highest BCUT2D eigenvalue weighted by atomic mass is 79.9. The van der Waals surface area contributed by atoms with E-state index in [4.69, 9.17) is 5.84 Å². The molecule has 5 nitrogen and oxygen atoms in total. The van der Waals surface area contributed by atoms with Crippen molar-refractivity contribution < 1.29 is 0 Å². The van der Waals surface area contributed by atoms with Gasteiger partial charge in [0.25, 0.3) is 0 Å². The standard InChI is InChI=1S/C14H20BrN5/c1-4-20-13(14(15)10(3)19-20)7-12(18-16)11-5-6-17-8-9(11)2/h5-6,8,12,18H,4,7,16H2,1-3H3. The molecule has 6 heteroatoms. The second-order valence-corrected chi connectivity index (χ2v) is 5.61. The zero-order valence-electron chi connectivity index (χ0n) is 12.0. The van der Waals surface area contributed by atoms with Crippen molar-refractivity contribution >= 4 is 15.9 Å². The molecule has 1 atom stereocenters. The monoisotopic (exact) mass is 337 g/mol. The second kappa shape index (κ2) is 6.47. The highest BCUT2D eigenvalue weighted by Crippen LogP contribution is 2.27. The van der Waals surface area contributed by atoms with Crippen LogP contribution in [0.15, 0.2) is 22.9 Å². The number of nitrogens with two attached hydrogens (primary N) is 1. The average Bonchev–Trinajstić information content (AvgIpc) is 2.73. The van der Waals surface area contributed by atoms with Crippen molar-refractivity contribution in [2.75, 3.05) is 0 Å². The van der Waals surface area contributed by atoms with Crippen molar-refractivity contribution in [2.24, 2.45) is 5.84 Å². The topological polar surface area (TPSA) is 68.8 Å². The summed E-state index contributed by atoms with van der Waals surface area (Å²) < 4.78 is 3.08. The van der Waals surface area contributed by atoms with Crippen molar-refractivity contribution in [3.05, 3.63) is 45.4 Å². The van der Waals surface area contributed by atoms with E-state index in [1.54, 1.807) is 6.20 Å². The van der Waals surface area contributed by atoms with E-state index in [0.717, 1.165) is 40.0 Å². The number of aryl methyl sites for hydroxylation is 3. The predicted molar refractivity (Wildman–Crippen MR) is 83.1 cm³/mol. The number of hydrogen-bond acceptors (Lipinski definition) is 4. The molecule has 1 unspecified atom stereocenters. The number of nitrogens with zero attached hydrogens (tertiary/aromatic N) is 3. The molecule has 2 aromatic rings. The SMILES string of the molecule is CCn1nc(C)c(Br)c1CC(NN)c1ccncc1C. The summed E-state index contributed by atoms with van der Waals surface area (Å²) in [5.41, 5.74) is 7.36.